The van der Waals surface area contributed by atoms with Crippen molar-refractivity contribution in [1.82, 2.24) is 39.0 Å². The molecule has 0 fully saturated rings. The summed E-state index contributed by atoms with van der Waals surface area (Å²) < 4.78 is 24.6. The monoisotopic (exact) mass is 1550 g/mol. The van der Waals surface area contributed by atoms with E-state index in [4.69, 9.17) is 43.2 Å². The second-order valence-corrected chi connectivity index (χ2v) is 30.8. The van der Waals surface area contributed by atoms with Crippen molar-refractivity contribution >= 4 is 131 Å². The molecule has 25 rings (SSSR count). The molecule has 0 saturated heterocycles. The number of nitrogens with zero attached hydrogens (tertiary/aromatic N) is 8. The van der Waals surface area contributed by atoms with Crippen LogP contribution in [0.2, 0.25) is 0 Å². The molecule has 0 spiro atoms. The molecule has 0 amide bonds. The first-order chi connectivity index (χ1) is 59.9. The lowest BCUT2D eigenvalue weighted by atomic mass is 10.0. The molecule has 0 bridgehead atoms. The van der Waals surface area contributed by atoms with E-state index < -0.39 is 0 Å². The first kappa shape index (κ1) is 68.9. The molecule has 0 atom stereocenters. The van der Waals surface area contributed by atoms with Gasteiger partial charge >= 0.3 is 0 Å². The third-order valence-electron chi connectivity index (χ3n) is 23.6. The summed E-state index contributed by atoms with van der Waals surface area (Å²) in [5, 5.41) is 15.5. The molecule has 18 aromatic carbocycles. The van der Waals surface area contributed by atoms with Gasteiger partial charge in [0.25, 0.3) is 0 Å². The van der Waals surface area contributed by atoms with Crippen LogP contribution < -0.4 is 0 Å². The molecule has 121 heavy (non-hydrogen) atoms. The molecule has 0 unspecified atom stereocenters. The van der Waals surface area contributed by atoms with E-state index in [0.29, 0.717) is 34.9 Å². The van der Waals surface area contributed by atoms with Gasteiger partial charge in [0.1, 0.15) is 33.5 Å². The highest BCUT2D eigenvalue weighted by atomic mass is 16.3. The van der Waals surface area contributed by atoms with Gasteiger partial charge in [-0.25, -0.2) is 29.9 Å². The molecule has 7 aromatic heterocycles. The molecule has 564 valence electrons. The fourth-order valence-corrected chi connectivity index (χ4v) is 18.0. The van der Waals surface area contributed by atoms with E-state index in [2.05, 4.69) is 306 Å². The molecule has 11 nitrogen and oxygen atoms in total. The summed E-state index contributed by atoms with van der Waals surface area (Å²) in [6.45, 7) is 0. The second-order valence-electron chi connectivity index (χ2n) is 30.8. The summed E-state index contributed by atoms with van der Waals surface area (Å²) in [4.78, 5) is 31.5. The zero-order valence-corrected chi connectivity index (χ0v) is 64.9. The van der Waals surface area contributed by atoms with E-state index in [1.54, 1.807) is 0 Å². The normalized spacial score (nSPS) is 11.8. The first-order valence-electron chi connectivity index (χ1n) is 40.6. The number of aromatic nitrogens is 8. The van der Waals surface area contributed by atoms with Crippen LogP contribution in [-0.2, 0) is 0 Å². The van der Waals surface area contributed by atoms with Crippen LogP contribution in [0.25, 0.3) is 244 Å². The Kier molecular flexibility index (Phi) is 16.0. The van der Waals surface area contributed by atoms with Crippen molar-refractivity contribution in [2.45, 2.75) is 0 Å². The van der Waals surface area contributed by atoms with E-state index >= 15 is 0 Å². The van der Waals surface area contributed by atoms with Crippen molar-refractivity contribution in [2.24, 2.45) is 0 Å². The maximum atomic E-state index is 6.77. The van der Waals surface area contributed by atoms with E-state index in [9.17, 15) is 0 Å². The lowest BCUT2D eigenvalue weighted by Crippen LogP contribution is -2.02. The second kappa shape index (κ2) is 28.2. The molecular formula is C110H66N8O3. The van der Waals surface area contributed by atoms with Gasteiger partial charge < -0.3 is 22.4 Å². The van der Waals surface area contributed by atoms with Gasteiger partial charge in [-0.2, -0.15) is 0 Å². The minimum Gasteiger partial charge on any atom is -0.456 e. The number of hydrogen-bond donors (Lipinski definition) is 0. The molecule has 0 saturated carbocycles. The third kappa shape index (κ3) is 11.7. The van der Waals surface area contributed by atoms with Crippen LogP contribution in [-0.4, -0.2) is 39.0 Å². The zero-order chi connectivity index (χ0) is 79.6. The maximum absolute atomic E-state index is 6.77. The summed E-state index contributed by atoms with van der Waals surface area (Å²) in [5.74, 6) is 3.44. The topological polar surface area (TPSA) is 127 Å². The Hall–Kier alpha value is -16.5. The zero-order valence-electron chi connectivity index (χ0n) is 64.9. The quantitative estimate of drug-likeness (QED) is 0.124. The van der Waals surface area contributed by atoms with Crippen molar-refractivity contribution in [2.75, 3.05) is 0 Å². The highest BCUT2D eigenvalue weighted by molar-refractivity contribution is 6.24. The van der Waals surface area contributed by atoms with Crippen LogP contribution >= 0.6 is 0 Å². The van der Waals surface area contributed by atoms with Crippen molar-refractivity contribution in [3.8, 4) is 113 Å². The maximum Gasteiger partial charge on any atom is 0.164 e. The Labute approximate surface area is 692 Å². The van der Waals surface area contributed by atoms with Crippen LogP contribution in [0.5, 0.6) is 0 Å². The average Bonchev–Trinajstić information content (AvgIpc) is 1.57. The fraction of sp³-hybridized carbons (Fsp3) is 0. The van der Waals surface area contributed by atoms with Gasteiger partial charge in [0.05, 0.1) is 33.4 Å². The van der Waals surface area contributed by atoms with Gasteiger partial charge in [-0.3, -0.25) is 0 Å². The predicted octanol–water partition coefficient (Wildman–Crippen LogP) is 28.9. The summed E-state index contributed by atoms with van der Waals surface area (Å²) in [6.07, 6.45) is 0. The lowest BCUT2D eigenvalue weighted by Gasteiger charge is -2.14. The molecule has 0 N–H and O–H groups in total. The number of rotatable bonds is 11. The average molecular weight is 1550 g/mol. The summed E-state index contributed by atoms with van der Waals surface area (Å²) in [6, 6.07) is 140. The van der Waals surface area contributed by atoms with Gasteiger partial charge in [-0.15, -0.1) is 0 Å². The van der Waals surface area contributed by atoms with E-state index in [1.807, 2.05) is 103 Å². The van der Waals surface area contributed by atoms with Crippen molar-refractivity contribution in [3.63, 3.8) is 0 Å². The number of para-hydroxylation sites is 3. The molecule has 0 aliphatic rings. The van der Waals surface area contributed by atoms with Crippen molar-refractivity contribution in [1.29, 1.82) is 0 Å². The molecule has 0 radical (unpaired) electrons. The Morgan fingerprint density at radius 2 is 0.554 bits per heavy atom. The Morgan fingerprint density at radius 3 is 1.14 bits per heavy atom. The Bertz CT molecular complexity index is 8460. The number of hydrogen-bond acceptors (Lipinski definition) is 9. The van der Waals surface area contributed by atoms with Gasteiger partial charge in [-0.1, -0.05) is 315 Å². The highest BCUT2D eigenvalue weighted by Gasteiger charge is 2.27. The van der Waals surface area contributed by atoms with Gasteiger partial charge in [0, 0.05) is 105 Å². The molecule has 11 heteroatoms. The van der Waals surface area contributed by atoms with Crippen LogP contribution in [0.1, 0.15) is 0 Å². The number of furan rings is 3. The minimum absolute atomic E-state index is 0.544. The number of fused-ring (bicyclic) bond motifs is 19. The van der Waals surface area contributed by atoms with Crippen molar-refractivity contribution in [3.05, 3.63) is 400 Å². The van der Waals surface area contributed by atoms with Gasteiger partial charge in [0.2, 0.25) is 0 Å². The van der Waals surface area contributed by atoms with Crippen molar-refractivity contribution < 1.29 is 13.3 Å². The van der Waals surface area contributed by atoms with E-state index in [-0.39, 0.29) is 0 Å². The molecular weight excluding hydrogens is 1480 g/mol. The predicted molar refractivity (Wildman–Crippen MR) is 494 cm³/mol. The standard InChI is InChI=1S/C55H32N4O2.C55H34N4O/c1-3-13-33(14-4-1)36-24-26-40-43-28-23-34-15-7-8-18-39(34)52(43)59(46(40)29-36)38-31-45(51-44-20-10-12-22-48(44)61-50(51)32-38)55-57-53(35-16-5-2-6-17-35)56-54(58-55)37-25-27-42-41-19-9-11-21-47(41)60-49(42)30-37;1-4-15-35(16-5-1)39-22-14-23-41(31-39)54-56-53(38-20-8-3-9-21-38)57-55(58-54)46-33-42(34-50-52(46)44-25-12-13-26-49(44)60-50)59-47-29-28-40(36-17-6-2-7-18-36)32-45(47)51-43-24-11-10-19-37(43)27-30-48(51)59/h1-32H;1-34H. The lowest BCUT2D eigenvalue weighted by molar-refractivity contribution is 0.668. The number of benzene rings is 18. The summed E-state index contributed by atoms with van der Waals surface area (Å²) in [7, 11) is 0. The molecule has 0 aliphatic carbocycles. The van der Waals surface area contributed by atoms with Crippen LogP contribution in [0, 0.1) is 0 Å². The van der Waals surface area contributed by atoms with Crippen LogP contribution in [0.3, 0.4) is 0 Å². The highest BCUT2D eigenvalue weighted by Crippen LogP contribution is 2.47. The minimum atomic E-state index is 0.544. The summed E-state index contributed by atoms with van der Waals surface area (Å²) in [5.41, 5.74) is 23.2. The van der Waals surface area contributed by atoms with Crippen LogP contribution in [0.4, 0.5) is 0 Å². The third-order valence-corrected chi connectivity index (χ3v) is 23.6. The smallest absolute Gasteiger partial charge is 0.164 e. The van der Waals surface area contributed by atoms with Gasteiger partial charge in [-0.05, 0) is 122 Å². The SMILES string of the molecule is c1ccc(-c2ccc3c4ccc5ccccc5c4n(-c4cc(-c5nc(-c6ccccc6)nc(-c6ccc7c(c6)oc6ccccc67)n5)c5c(c4)oc4ccccc45)c3c2)cc1.c1ccc(-c2cccc(-c3nc(-c4ccccc4)nc(-c4cc(-n5c6ccc(-c7ccccc7)cc6c6c7ccccc7ccc65)cc5oc6ccccc6c45)n3)c2)cc1. The first-order valence-corrected chi connectivity index (χ1v) is 40.6. The molecule has 7 heterocycles. The summed E-state index contributed by atoms with van der Waals surface area (Å²) >= 11 is 0. The van der Waals surface area contributed by atoms with Crippen LogP contribution in [0.15, 0.2) is 414 Å². The van der Waals surface area contributed by atoms with E-state index in [1.165, 1.54) is 54.2 Å². The largest absolute Gasteiger partial charge is 0.456 e. The molecule has 25 aromatic rings. The fourth-order valence-electron chi connectivity index (χ4n) is 18.0. The Morgan fingerprint density at radius 1 is 0.174 bits per heavy atom. The van der Waals surface area contributed by atoms with E-state index in [0.717, 1.165) is 155 Å². The Balaban J connectivity index is 0.000000137. The molecule has 0 aliphatic heterocycles. The van der Waals surface area contributed by atoms with Gasteiger partial charge in [0.15, 0.2) is 34.9 Å².